The van der Waals surface area contributed by atoms with E-state index >= 15 is 0 Å². The highest BCUT2D eigenvalue weighted by atomic mass is 32.2. The summed E-state index contributed by atoms with van der Waals surface area (Å²) in [6, 6.07) is 12.7. The number of benzene rings is 1. The van der Waals surface area contributed by atoms with Crippen LogP contribution in [0.4, 0.5) is 4.79 Å². The molecule has 4 rings (SSSR count). The molecule has 3 N–H and O–H groups in total. The van der Waals surface area contributed by atoms with Gasteiger partial charge in [0.1, 0.15) is 5.25 Å². The Kier molecular flexibility index (Phi) is 4.95. The van der Waals surface area contributed by atoms with E-state index in [2.05, 4.69) is 20.1 Å². The highest BCUT2D eigenvalue weighted by Crippen LogP contribution is 2.44. The molecular weight excluding hydrogens is 382 g/mol. The van der Waals surface area contributed by atoms with Crippen LogP contribution in [0.3, 0.4) is 0 Å². The zero-order valence-corrected chi connectivity index (χ0v) is 15.9. The van der Waals surface area contributed by atoms with Gasteiger partial charge in [0.05, 0.1) is 4.88 Å². The smallest absolute Gasteiger partial charge is 0.318 e. The van der Waals surface area contributed by atoms with Gasteiger partial charge in [-0.1, -0.05) is 48.2 Å². The first kappa shape index (κ1) is 17.7. The summed E-state index contributed by atoms with van der Waals surface area (Å²) in [5, 5.41) is 12.9. The number of nitrogens with one attached hydrogen (secondary N) is 1. The quantitative estimate of drug-likeness (QED) is 0.619. The van der Waals surface area contributed by atoms with E-state index in [0.717, 1.165) is 29.1 Å². The Balaban J connectivity index is 1.69. The molecule has 1 saturated carbocycles. The van der Waals surface area contributed by atoms with Gasteiger partial charge >= 0.3 is 6.03 Å². The number of imide groups is 1. The maximum absolute atomic E-state index is 12.6. The Bertz CT molecular complexity index is 952. The molecule has 1 aromatic carbocycles. The number of rotatable bonds is 6. The van der Waals surface area contributed by atoms with Gasteiger partial charge in [-0.25, -0.2) is 4.79 Å². The molecule has 0 aliphatic heterocycles. The predicted molar refractivity (Wildman–Crippen MR) is 104 cm³/mol. The zero-order chi connectivity index (χ0) is 18.8. The lowest BCUT2D eigenvalue weighted by atomic mass is 10.1. The van der Waals surface area contributed by atoms with Crippen molar-refractivity contribution in [1.82, 2.24) is 20.1 Å². The second-order valence-corrected chi connectivity index (χ2v) is 8.17. The van der Waals surface area contributed by atoms with Gasteiger partial charge < -0.3 is 5.73 Å². The summed E-state index contributed by atoms with van der Waals surface area (Å²) in [7, 11) is 0. The first-order valence-electron chi connectivity index (χ1n) is 8.44. The van der Waals surface area contributed by atoms with Crippen molar-refractivity contribution in [2.75, 3.05) is 0 Å². The van der Waals surface area contributed by atoms with Crippen molar-refractivity contribution in [1.29, 1.82) is 0 Å². The van der Waals surface area contributed by atoms with E-state index in [1.807, 2.05) is 47.8 Å². The molecule has 2 heterocycles. The SMILES string of the molecule is NC(=O)NC(=O)[C@@H](Sc1nnc(-c2cccs2)n1C1CC1)c1ccccc1. The molecular formula is C18H17N5O2S2. The van der Waals surface area contributed by atoms with Crippen LogP contribution < -0.4 is 11.1 Å². The highest BCUT2D eigenvalue weighted by molar-refractivity contribution is 8.00. The Morgan fingerprint density at radius 3 is 2.59 bits per heavy atom. The molecule has 3 aromatic rings. The topological polar surface area (TPSA) is 103 Å². The fraction of sp³-hybridized carbons (Fsp3) is 0.222. The minimum Gasteiger partial charge on any atom is -0.351 e. The lowest BCUT2D eigenvalue weighted by Gasteiger charge is -2.16. The van der Waals surface area contributed by atoms with Crippen LogP contribution in [-0.4, -0.2) is 26.7 Å². The number of hydrogen-bond acceptors (Lipinski definition) is 6. The molecule has 0 spiro atoms. The van der Waals surface area contributed by atoms with Crippen molar-refractivity contribution in [3.05, 3.63) is 53.4 Å². The third kappa shape index (κ3) is 3.88. The summed E-state index contributed by atoms with van der Waals surface area (Å²) in [4.78, 5) is 24.8. The molecule has 9 heteroatoms. The summed E-state index contributed by atoms with van der Waals surface area (Å²) in [6.07, 6.45) is 2.13. The van der Waals surface area contributed by atoms with Gasteiger partial charge in [-0.2, -0.15) is 0 Å². The second kappa shape index (κ2) is 7.53. The molecule has 3 amide bonds. The Morgan fingerprint density at radius 2 is 1.96 bits per heavy atom. The molecule has 0 radical (unpaired) electrons. The maximum atomic E-state index is 12.6. The van der Waals surface area contributed by atoms with E-state index in [9.17, 15) is 9.59 Å². The fourth-order valence-electron chi connectivity index (χ4n) is 2.79. The molecule has 1 atom stereocenters. The normalized spacial score (nSPS) is 14.7. The average Bonchev–Trinajstić information content (AvgIpc) is 3.18. The Hall–Kier alpha value is -2.65. The highest BCUT2D eigenvalue weighted by Gasteiger charge is 2.33. The summed E-state index contributed by atoms with van der Waals surface area (Å²) in [5.74, 6) is 0.346. The number of thiophene rings is 1. The molecule has 138 valence electrons. The minimum absolute atomic E-state index is 0.343. The number of thioether (sulfide) groups is 1. The number of nitrogens with zero attached hydrogens (tertiary/aromatic N) is 3. The van der Waals surface area contributed by atoms with Crippen LogP contribution in [-0.2, 0) is 4.79 Å². The third-order valence-corrected chi connectivity index (χ3v) is 6.21. The van der Waals surface area contributed by atoms with E-state index in [1.165, 1.54) is 11.8 Å². The molecule has 0 bridgehead atoms. The average molecular weight is 400 g/mol. The lowest BCUT2D eigenvalue weighted by Crippen LogP contribution is -2.37. The van der Waals surface area contributed by atoms with Crippen molar-refractivity contribution in [2.24, 2.45) is 5.73 Å². The number of carbonyl (C=O) groups excluding carboxylic acids is 2. The summed E-state index contributed by atoms with van der Waals surface area (Å²) >= 11 is 2.88. The first-order chi connectivity index (χ1) is 13.1. The molecule has 0 saturated heterocycles. The van der Waals surface area contributed by atoms with E-state index in [0.29, 0.717) is 11.2 Å². The molecule has 2 aromatic heterocycles. The van der Waals surface area contributed by atoms with Crippen LogP contribution in [0.15, 0.2) is 53.0 Å². The van der Waals surface area contributed by atoms with E-state index in [4.69, 9.17) is 5.73 Å². The van der Waals surface area contributed by atoms with Gasteiger partial charge in [-0.3, -0.25) is 14.7 Å². The van der Waals surface area contributed by atoms with Crippen LogP contribution in [0.2, 0.25) is 0 Å². The second-order valence-electron chi connectivity index (χ2n) is 6.15. The van der Waals surface area contributed by atoms with Crippen molar-refractivity contribution >= 4 is 35.0 Å². The van der Waals surface area contributed by atoms with Gasteiger partial charge in [0, 0.05) is 6.04 Å². The van der Waals surface area contributed by atoms with Crippen LogP contribution in [0.5, 0.6) is 0 Å². The molecule has 27 heavy (non-hydrogen) atoms. The van der Waals surface area contributed by atoms with Gasteiger partial charge in [-0.05, 0) is 29.9 Å². The van der Waals surface area contributed by atoms with E-state index < -0.39 is 17.2 Å². The van der Waals surface area contributed by atoms with Crippen molar-refractivity contribution in [3.8, 4) is 10.7 Å². The standard InChI is InChI=1S/C18H17N5O2S2/c19-17(25)20-16(24)14(11-5-2-1-3-6-11)27-18-22-21-15(13-7-4-10-26-13)23(18)12-8-9-12/h1-7,10,12,14H,8-9H2,(H3,19,20,24,25)/t14-/m0/s1. The zero-order valence-electron chi connectivity index (χ0n) is 14.2. The summed E-state index contributed by atoms with van der Waals surface area (Å²) in [6.45, 7) is 0. The minimum atomic E-state index is -0.871. The Labute approximate surface area is 164 Å². The molecule has 0 unspecified atom stereocenters. The van der Waals surface area contributed by atoms with Crippen LogP contribution in [0.25, 0.3) is 10.7 Å². The number of nitrogens with two attached hydrogens (primary N) is 1. The fourth-order valence-corrected chi connectivity index (χ4v) is 4.60. The number of amides is 3. The van der Waals surface area contributed by atoms with Crippen molar-refractivity contribution < 1.29 is 9.59 Å². The molecule has 1 fully saturated rings. The first-order valence-corrected chi connectivity index (χ1v) is 10.2. The van der Waals surface area contributed by atoms with Crippen LogP contribution in [0.1, 0.15) is 29.7 Å². The van der Waals surface area contributed by atoms with E-state index in [-0.39, 0.29) is 0 Å². The summed E-state index contributed by atoms with van der Waals surface area (Å²) < 4.78 is 2.10. The molecule has 7 nitrogen and oxygen atoms in total. The number of hydrogen-bond donors (Lipinski definition) is 2. The summed E-state index contributed by atoms with van der Waals surface area (Å²) in [5.41, 5.74) is 5.91. The van der Waals surface area contributed by atoms with Gasteiger partial charge in [-0.15, -0.1) is 21.5 Å². The monoisotopic (exact) mass is 399 g/mol. The number of urea groups is 1. The van der Waals surface area contributed by atoms with Gasteiger partial charge in [0.2, 0.25) is 5.91 Å². The Morgan fingerprint density at radius 1 is 1.19 bits per heavy atom. The molecule has 1 aliphatic carbocycles. The predicted octanol–water partition coefficient (Wildman–Crippen LogP) is 3.37. The van der Waals surface area contributed by atoms with Gasteiger partial charge in [0.25, 0.3) is 0 Å². The van der Waals surface area contributed by atoms with Gasteiger partial charge in [0.15, 0.2) is 11.0 Å². The number of aromatic nitrogens is 3. The third-order valence-electron chi connectivity index (χ3n) is 4.13. The van der Waals surface area contributed by atoms with Crippen molar-refractivity contribution in [3.63, 3.8) is 0 Å². The molecule has 1 aliphatic rings. The van der Waals surface area contributed by atoms with Crippen molar-refractivity contribution in [2.45, 2.75) is 29.3 Å². The van der Waals surface area contributed by atoms with Crippen LogP contribution in [0, 0.1) is 0 Å². The largest absolute Gasteiger partial charge is 0.351 e. The lowest BCUT2D eigenvalue weighted by molar-refractivity contribution is -0.119. The van der Waals surface area contributed by atoms with E-state index in [1.54, 1.807) is 11.3 Å². The number of carbonyl (C=O) groups is 2. The van der Waals surface area contributed by atoms with Crippen LogP contribution >= 0.6 is 23.1 Å². The maximum Gasteiger partial charge on any atom is 0.318 e. The number of primary amides is 1.